The lowest BCUT2D eigenvalue weighted by Crippen LogP contribution is -2.35. The molecule has 10 heteroatoms. The molecule has 0 saturated heterocycles. The summed E-state index contributed by atoms with van der Waals surface area (Å²) in [5.41, 5.74) is 2.27. The predicted molar refractivity (Wildman–Crippen MR) is 122 cm³/mol. The molecule has 0 spiro atoms. The third-order valence-corrected chi connectivity index (χ3v) is 7.35. The van der Waals surface area contributed by atoms with Crippen molar-refractivity contribution in [1.82, 2.24) is 4.31 Å². The number of nitro groups is 1. The van der Waals surface area contributed by atoms with Gasteiger partial charge >= 0.3 is 0 Å². The van der Waals surface area contributed by atoms with Crippen LogP contribution in [-0.2, 0) is 23.0 Å². The van der Waals surface area contributed by atoms with Gasteiger partial charge in [0, 0.05) is 30.8 Å². The molecule has 9 nitrogen and oxygen atoms in total. The first-order valence-corrected chi connectivity index (χ1v) is 11.5. The molecule has 170 valence electrons. The van der Waals surface area contributed by atoms with Crippen LogP contribution in [0.4, 0.5) is 11.4 Å². The van der Waals surface area contributed by atoms with Gasteiger partial charge in [-0.2, -0.15) is 4.31 Å². The molecule has 0 atom stereocenters. The molecule has 0 aromatic heterocycles. The van der Waals surface area contributed by atoms with Gasteiger partial charge in [-0.25, -0.2) is 8.42 Å². The number of methoxy groups -OCH3 is 1. The van der Waals surface area contributed by atoms with Crippen molar-refractivity contribution < 1.29 is 22.9 Å². The van der Waals surface area contributed by atoms with Crippen LogP contribution in [0.15, 0.2) is 71.6 Å². The number of nitrogens with one attached hydrogen (secondary N) is 1. The van der Waals surface area contributed by atoms with Crippen LogP contribution >= 0.6 is 0 Å². The molecule has 1 N–H and O–H groups in total. The highest BCUT2D eigenvalue weighted by atomic mass is 32.2. The third-order valence-electron chi connectivity index (χ3n) is 5.49. The van der Waals surface area contributed by atoms with Crippen LogP contribution < -0.4 is 10.1 Å². The first-order chi connectivity index (χ1) is 15.8. The molecule has 33 heavy (non-hydrogen) atoms. The summed E-state index contributed by atoms with van der Waals surface area (Å²) < 4.78 is 32.8. The van der Waals surface area contributed by atoms with Crippen molar-refractivity contribution in [3.63, 3.8) is 0 Å². The molecule has 0 aliphatic carbocycles. The van der Waals surface area contributed by atoms with Crippen LogP contribution in [0.3, 0.4) is 0 Å². The monoisotopic (exact) mass is 467 g/mol. The zero-order valence-corrected chi connectivity index (χ0v) is 18.5. The summed E-state index contributed by atoms with van der Waals surface area (Å²) in [6.45, 7) is 0.682. The van der Waals surface area contributed by atoms with Crippen molar-refractivity contribution in [2.75, 3.05) is 19.0 Å². The summed E-state index contributed by atoms with van der Waals surface area (Å²) in [6, 6.07) is 17.2. The molecule has 1 aliphatic rings. The number of ether oxygens (including phenoxy) is 1. The second kappa shape index (κ2) is 9.00. The Balaban J connectivity index is 1.52. The van der Waals surface area contributed by atoms with E-state index in [0.29, 0.717) is 19.5 Å². The van der Waals surface area contributed by atoms with Gasteiger partial charge in [0.2, 0.25) is 10.0 Å². The minimum Gasteiger partial charge on any atom is -0.495 e. The SMILES string of the molecule is COc1ccc([N+](=O)[O-])cc1NC(=O)c1ccc(S(=O)(=O)N2CCc3ccccc3C2)cc1. The smallest absolute Gasteiger partial charge is 0.271 e. The Morgan fingerprint density at radius 3 is 2.42 bits per heavy atom. The average Bonchev–Trinajstić information content (AvgIpc) is 2.83. The summed E-state index contributed by atoms with van der Waals surface area (Å²) in [5, 5.41) is 13.6. The lowest BCUT2D eigenvalue weighted by molar-refractivity contribution is -0.384. The Hall–Kier alpha value is -3.76. The molecule has 3 aromatic rings. The molecule has 4 rings (SSSR count). The number of non-ortho nitro benzene ring substituents is 1. The summed E-state index contributed by atoms with van der Waals surface area (Å²) in [4.78, 5) is 23.2. The number of nitro benzene ring substituents is 1. The quantitative estimate of drug-likeness (QED) is 0.437. The van der Waals surface area contributed by atoms with Crippen molar-refractivity contribution in [3.8, 4) is 5.75 Å². The molecule has 0 fully saturated rings. The number of anilines is 1. The molecule has 1 heterocycles. The van der Waals surface area contributed by atoms with Crippen LogP contribution in [-0.4, -0.2) is 37.2 Å². The lowest BCUT2D eigenvalue weighted by atomic mass is 10.0. The fourth-order valence-corrected chi connectivity index (χ4v) is 5.12. The average molecular weight is 468 g/mol. The number of carbonyl (C=O) groups excluding carboxylic acids is 1. The van der Waals surface area contributed by atoms with Gasteiger partial charge in [-0.05, 0) is 47.9 Å². The predicted octanol–water partition coefficient (Wildman–Crippen LogP) is 3.60. The number of benzene rings is 3. The number of fused-ring (bicyclic) bond motifs is 1. The Morgan fingerprint density at radius 2 is 1.76 bits per heavy atom. The van der Waals surface area contributed by atoms with Crippen LogP contribution in [0, 0.1) is 10.1 Å². The van der Waals surface area contributed by atoms with Gasteiger partial charge in [-0.1, -0.05) is 24.3 Å². The Kier molecular flexibility index (Phi) is 6.12. The van der Waals surface area contributed by atoms with Crippen molar-refractivity contribution in [2.24, 2.45) is 0 Å². The highest BCUT2D eigenvalue weighted by Gasteiger charge is 2.28. The maximum absolute atomic E-state index is 13.1. The van der Waals surface area contributed by atoms with Crippen molar-refractivity contribution in [3.05, 3.63) is 93.5 Å². The summed E-state index contributed by atoms with van der Waals surface area (Å²) in [5.74, 6) is -0.289. The standard InChI is InChI=1S/C23H21N3O6S/c1-32-22-11-8-19(26(28)29)14-21(22)24-23(27)17-6-9-20(10-7-17)33(30,31)25-13-12-16-4-2-3-5-18(16)15-25/h2-11,14H,12-13,15H2,1H3,(H,24,27). The number of amides is 1. The highest BCUT2D eigenvalue weighted by Crippen LogP contribution is 2.30. The molecular weight excluding hydrogens is 446 g/mol. The number of nitrogens with zero attached hydrogens (tertiary/aromatic N) is 2. The van der Waals surface area contributed by atoms with Gasteiger partial charge in [-0.15, -0.1) is 0 Å². The molecule has 0 unspecified atom stereocenters. The minimum atomic E-state index is -3.73. The van der Waals surface area contributed by atoms with Gasteiger partial charge < -0.3 is 10.1 Å². The summed E-state index contributed by atoms with van der Waals surface area (Å²) >= 11 is 0. The van der Waals surface area contributed by atoms with Crippen molar-refractivity contribution >= 4 is 27.3 Å². The molecule has 0 saturated carbocycles. The first kappa shape index (κ1) is 22.4. The van der Waals surface area contributed by atoms with Crippen molar-refractivity contribution in [2.45, 2.75) is 17.9 Å². The van der Waals surface area contributed by atoms with E-state index in [4.69, 9.17) is 4.74 Å². The maximum atomic E-state index is 13.1. The van der Waals surface area contributed by atoms with E-state index in [0.717, 1.165) is 11.1 Å². The number of hydrogen-bond acceptors (Lipinski definition) is 6. The lowest BCUT2D eigenvalue weighted by Gasteiger charge is -2.28. The van der Waals surface area contributed by atoms with E-state index >= 15 is 0 Å². The molecule has 0 radical (unpaired) electrons. The first-order valence-electron chi connectivity index (χ1n) is 10.1. The second-order valence-corrected chi connectivity index (χ2v) is 9.42. The number of sulfonamides is 1. The topological polar surface area (TPSA) is 119 Å². The third kappa shape index (κ3) is 4.57. The van der Waals surface area contributed by atoms with E-state index < -0.39 is 20.9 Å². The van der Waals surface area contributed by atoms with Gasteiger partial charge in [0.05, 0.1) is 22.6 Å². The highest BCUT2D eigenvalue weighted by molar-refractivity contribution is 7.89. The molecule has 3 aromatic carbocycles. The minimum absolute atomic E-state index is 0.0892. The molecular formula is C23H21N3O6S. The van der Waals surface area contributed by atoms with E-state index in [-0.39, 0.29) is 27.6 Å². The fourth-order valence-electron chi connectivity index (χ4n) is 3.70. The van der Waals surface area contributed by atoms with Gasteiger partial charge in [0.1, 0.15) is 5.75 Å². The maximum Gasteiger partial charge on any atom is 0.271 e. The normalized spacial score (nSPS) is 13.7. The summed E-state index contributed by atoms with van der Waals surface area (Å²) in [6.07, 6.45) is 0.640. The van der Waals surface area contributed by atoms with Crippen LogP contribution in [0.25, 0.3) is 0 Å². The molecule has 1 aliphatic heterocycles. The Bertz CT molecular complexity index is 1320. The number of hydrogen-bond donors (Lipinski definition) is 1. The van der Waals surface area contributed by atoms with E-state index in [9.17, 15) is 23.3 Å². The van der Waals surface area contributed by atoms with Crippen LogP contribution in [0.2, 0.25) is 0 Å². The van der Waals surface area contributed by atoms with Gasteiger partial charge in [0.25, 0.3) is 11.6 Å². The zero-order chi connectivity index (χ0) is 23.6. The van der Waals surface area contributed by atoms with Gasteiger partial charge in [-0.3, -0.25) is 14.9 Å². The fraction of sp³-hybridized carbons (Fsp3) is 0.174. The Morgan fingerprint density at radius 1 is 1.06 bits per heavy atom. The van der Waals surface area contributed by atoms with E-state index in [1.807, 2.05) is 24.3 Å². The zero-order valence-electron chi connectivity index (χ0n) is 17.7. The largest absolute Gasteiger partial charge is 0.495 e. The number of carbonyl (C=O) groups is 1. The molecule has 1 amide bonds. The second-order valence-electron chi connectivity index (χ2n) is 7.48. The van der Waals surface area contributed by atoms with Crippen LogP contribution in [0.5, 0.6) is 5.75 Å². The Labute approximate surface area is 190 Å². The number of rotatable bonds is 6. The van der Waals surface area contributed by atoms with Crippen LogP contribution in [0.1, 0.15) is 21.5 Å². The van der Waals surface area contributed by atoms with Crippen molar-refractivity contribution in [1.29, 1.82) is 0 Å². The van der Waals surface area contributed by atoms with E-state index in [2.05, 4.69) is 5.32 Å². The molecule has 0 bridgehead atoms. The summed E-state index contributed by atoms with van der Waals surface area (Å²) in [7, 11) is -2.34. The van der Waals surface area contributed by atoms with Gasteiger partial charge in [0.15, 0.2) is 0 Å². The van der Waals surface area contributed by atoms with E-state index in [1.165, 1.54) is 53.9 Å². The van der Waals surface area contributed by atoms with E-state index in [1.54, 1.807) is 0 Å².